The van der Waals surface area contributed by atoms with E-state index in [9.17, 15) is 0 Å². The van der Waals surface area contributed by atoms with Gasteiger partial charge in [0.05, 0.1) is 0 Å². The van der Waals surface area contributed by atoms with Gasteiger partial charge in [-0.2, -0.15) is 0 Å². The van der Waals surface area contributed by atoms with Crippen LogP contribution in [0, 0.1) is 24.2 Å². The lowest BCUT2D eigenvalue weighted by molar-refractivity contribution is 0.737. The highest BCUT2D eigenvalue weighted by molar-refractivity contribution is 5.22. The zero-order valence-electron chi connectivity index (χ0n) is 7.06. The molecule has 58 valence electrons. The van der Waals surface area contributed by atoms with Gasteiger partial charge in [0, 0.05) is 6.42 Å². The van der Waals surface area contributed by atoms with Crippen molar-refractivity contribution in [2.24, 2.45) is 0 Å². The molecule has 0 heterocycles. The molecule has 0 saturated heterocycles. The molecule has 0 fully saturated rings. The average Bonchev–Trinajstić information content (AvgIpc) is 2.03. The molecule has 0 aromatic carbocycles. The Morgan fingerprint density at radius 3 is 2.73 bits per heavy atom. The first kappa shape index (κ1) is 9.86. The molecule has 0 aromatic rings. The molecular formula is C11H14. The van der Waals surface area contributed by atoms with Crippen molar-refractivity contribution >= 4 is 0 Å². The summed E-state index contributed by atoms with van der Waals surface area (Å²) in [4.78, 5) is 0. The molecule has 0 unspecified atom stereocenters. The molecule has 0 spiro atoms. The van der Waals surface area contributed by atoms with Crippen LogP contribution >= 0.6 is 0 Å². The summed E-state index contributed by atoms with van der Waals surface area (Å²) < 4.78 is 0. The largest absolute Gasteiger partial charge is 0.115 e. The van der Waals surface area contributed by atoms with Crippen LogP contribution in [0.3, 0.4) is 0 Å². The topological polar surface area (TPSA) is 0 Å². The Hall–Kier alpha value is -1.14. The first-order valence-corrected chi connectivity index (χ1v) is 4.01. The first-order valence-electron chi connectivity index (χ1n) is 4.01. The highest BCUT2D eigenvalue weighted by Gasteiger charge is 1.78. The maximum Gasteiger partial charge on any atom is 0.00922 e. The van der Waals surface area contributed by atoms with E-state index in [2.05, 4.69) is 24.7 Å². The lowest BCUT2D eigenvalue weighted by Gasteiger charge is -1.86. The lowest BCUT2D eigenvalue weighted by Crippen LogP contribution is -1.69. The molecule has 0 aliphatic heterocycles. The Labute approximate surface area is 69.7 Å². The van der Waals surface area contributed by atoms with E-state index in [0.717, 1.165) is 6.42 Å². The SMILES string of the molecule is C#CC=CC#CCCCCC. The van der Waals surface area contributed by atoms with Crippen LogP contribution in [0.25, 0.3) is 0 Å². The van der Waals surface area contributed by atoms with E-state index in [4.69, 9.17) is 6.42 Å². The van der Waals surface area contributed by atoms with E-state index in [1.54, 1.807) is 12.2 Å². The van der Waals surface area contributed by atoms with Gasteiger partial charge >= 0.3 is 0 Å². The summed E-state index contributed by atoms with van der Waals surface area (Å²) in [7, 11) is 0. The molecule has 11 heavy (non-hydrogen) atoms. The molecule has 0 aliphatic carbocycles. The minimum atomic E-state index is 0.989. The third-order valence-electron chi connectivity index (χ3n) is 1.27. The van der Waals surface area contributed by atoms with Crippen molar-refractivity contribution in [3.8, 4) is 24.2 Å². The van der Waals surface area contributed by atoms with Crippen LogP contribution in [-0.4, -0.2) is 0 Å². The van der Waals surface area contributed by atoms with Gasteiger partial charge < -0.3 is 0 Å². The van der Waals surface area contributed by atoms with E-state index in [1.165, 1.54) is 19.3 Å². The van der Waals surface area contributed by atoms with Crippen molar-refractivity contribution in [2.45, 2.75) is 32.6 Å². The summed E-state index contributed by atoms with van der Waals surface area (Å²) in [6, 6.07) is 0. The molecule has 0 bridgehead atoms. The molecule has 0 nitrogen and oxygen atoms in total. The van der Waals surface area contributed by atoms with Crippen LogP contribution in [0.5, 0.6) is 0 Å². The highest BCUT2D eigenvalue weighted by atomic mass is 13.8. The zero-order valence-corrected chi connectivity index (χ0v) is 7.06. The fourth-order valence-corrected chi connectivity index (χ4v) is 0.684. The van der Waals surface area contributed by atoms with Gasteiger partial charge in [0.2, 0.25) is 0 Å². The summed E-state index contributed by atoms with van der Waals surface area (Å²) in [5, 5.41) is 0. The third-order valence-corrected chi connectivity index (χ3v) is 1.27. The second-order valence-electron chi connectivity index (χ2n) is 2.28. The molecule has 0 heteroatoms. The number of hydrogen-bond acceptors (Lipinski definition) is 0. The van der Waals surface area contributed by atoms with E-state index < -0.39 is 0 Å². The van der Waals surface area contributed by atoms with E-state index in [0.29, 0.717) is 0 Å². The second-order valence-corrected chi connectivity index (χ2v) is 2.28. The van der Waals surface area contributed by atoms with Crippen molar-refractivity contribution in [1.29, 1.82) is 0 Å². The van der Waals surface area contributed by atoms with Gasteiger partial charge in [-0.05, 0) is 18.6 Å². The monoisotopic (exact) mass is 146 g/mol. The molecule has 0 N–H and O–H groups in total. The number of terminal acetylenes is 1. The molecule has 0 aliphatic rings. The van der Waals surface area contributed by atoms with Crippen molar-refractivity contribution in [3.05, 3.63) is 12.2 Å². The molecule has 0 rings (SSSR count). The van der Waals surface area contributed by atoms with Crippen LogP contribution in [0.15, 0.2) is 12.2 Å². The molecular weight excluding hydrogens is 132 g/mol. The molecule has 0 atom stereocenters. The van der Waals surface area contributed by atoms with E-state index >= 15 is 0 Å². The maximum absolute atomic E-state index is 4.99. The van der Waals surface area contributed by atoms with Crippen molar-refractivity contribution in [2.75, 3.05) is 0 Å². The normalized spacial score (nSPS) is 8.73. The zero-order chi connectivity index (χ0) is 8.36. The summed E-state index contributed by atoms with van der Waals surface area (Å²) >= 11 is 0. The van der Waals surface area contributed by atoms with Gasteiger partial charge in [-0.25, -0.2) is 0 Å². The van der Waals surface area contributed by atoms with Gasteiger partial charge in [0.25, 0.3) is 0 Å². The molecule has 0 amide bonds. The van der Waals surface area contributed by atoms with Crippen LogP contribution in [-0.2, 0) is 0 Å². The predicted molar refractivity (Wildman–Crippen MR) is 49.9 cm³/mol. The van der Waals surface area contributed by atoms with Crippen molar-refractivity contribution in [3.63, 3.8) is 0 Å². The van der Waals surface area contributed by atoms with Crippen LogP contribution in [0.2, 0.25) is 0 Å². The van der Waals surface area contributed by atoms with Crippen molar-refractivity contribution < 1.29 is 0 Å². The van der Waals surface area contributed by atoms with Gasteiger partial charge in [-0.15, -0.1) is 6.42 Å². The van der Waals surface area contributed by atoms with Gasteiger partial charge in [-0.3, -0.25) is 0 Å². The summed E-state index contributed by atoms with van der Waals surface area (Å²) in [5.74, 6) is 8.28. The van der Waals surface area contributed by atoms with E-state index in [1.807, 2.05) is 0 Å². The Morgan fingerprint density at radius 1 is 1.27 bits per heavy atom. The number of allylic oxidation sites excluding steroid dienone is 2. The van der Waals surface area contributed by atoms with Gasteiger partial charge in [-0.1, -0.05) is 37.5 Å². The minimum Gasteiger partial charge on any atom is -0.115 e. The lowest BCUT2D eigenvalue weighted by atomic mass is 10.2. The van der Waals surface area contributed by atoms with Crippen molar-refractivity contribution in [1.82, 2.24) is 0 Å². The van der Waals surface area contributed by atoms with Crippen LogP contribution in [0.4, 0.5) is 0 Å². The third kappa shape index (κ3) is 8.86. The standard InChI is InChI=1S/C11H14/c1-3-5-7-9-11-10-8-6-4-2/h1,5,7H,4,6,8,10H2,2H3. The Bertz CT molecular complexity index is 192. The number of unbranched alkanes of at least 4 members (excludes halogenated alkanes) is 3. The average molecular weight is 146 g/mol. The Morgan fingerprint density at radius 2 is 2.09 bits per heavy atom. The molecule has 0 saturated carbocycles. The molecule has 0 aromatic heterocycles. The Kier molecular flexibility index (Phi) is 7.94. The maximum atomic E-state index is 4.99. The van der Waals surface area contributed by atoms with Gasteiger partial charge in [0.1, 0.15) is 0 Å². The Balaban J connectivity index is 3.27. The predicted octanol–water partition coefficient (Wildman–Crippen LogP) is 2.76. The summed E-state index contributed by atoms with van der Waals surface area (Å²) in [6.45, 7) is 2.19. The van der Waals surface area contributed by atoms with E-state index in [-0.39, 0.29) is 0 Å². The fourth-order valence-electron chi connectivity index (χ4n) is 0.684. The summed E-state index contributed by atoms with van der Waals surface area (Å²) in [6.07, 6.45) is 13.0. The first-order chi connectivity index (χ1) is 5.41. The van der Waals surface area contributed by atoms with Gasteiger partial charge in [0.15, 0.2) is 0 Å². The minimum absolute atomic E-state index is 0.989. The smallest absolute Gasteiger partial charge is 0.00922 e. The number of rotatable bonds is 3. The second kappa shape index (κ2) is 8.86. The summed E-state index contributed by atoms with van der Waals surface area (Å²) in [5.41, 5.74) is 0. The highest BCUT2D eigenvalue weighted by Crippen LogP contribution is 1.96. The quantitative estimate of drug-likeness (QED) is 0.424. The molecule has 0 radical (unpaired) electrons. The van der Waals surface area contributed by atoms with Crippen LogP contribution in [0.1, 0.15) is 32.6 Å². The number of hydrogen-bond donors (Lipinski definition) is 0. The fraction of sp³-hybridized carbons (Fsp3) is 0.455. The van der Waals surface area contributed by atoms with Crippen LogP contribution < -0.4 is 0 Å².